The summed E-state index contributed by atoms with van der Waals surface area (Å²) in [6, 6.07) is 9.82. The molecular weight excluding hydrogens is 284 g/mol. The number of allylic oxidation sites excluding steroid dienone is 4. The summed E-state index contributed by atoms with van der Waals surface area (Å²) in [5.74, 6) is -0.379. The number of aliphatic hydroxyl groups excluding tert-OH is 1. The van der Waals surface area contributed by atoms with Gasteiger partial charge in [0.1, 0.15) is 0 Å². The Morgan fingerprint density at radius 2 is 2.00 bits per heavy atom. The molecule has 2 heteroatoms. The topological polar surface area (TPSA) is 37.3 Å². The number of ketones is 1. The molecule has 23 heavy (non-hydrogen) atoms. The Bertz CT molecular complexity index is 569. The van der Waals surface area contributed by atoms with Gasteiger partial charge in [-0.3, -0.25) is 4.79 Å². The van der Waals surface area contributed by atoms with Gasteiger partial charge in [0.25, 0.3) is 0 Å². The second kappa shape index (κ2) is 9.26. The lowest BCUT2D eigenvalue weighted by molar-refractivity contribution is -0.120. The third-order valence-electron chi connectivity index (χ3n) is 4.21. The molecule has 2 nitrogen and oxygen atoms in total. The molecule has 0 amide bonds. The van der Waals surface area contributed by atoms with Crippen molar-refractivity contribution in [3.63, 3.8) is 0 Å². The average Bonchev–Trinajstić information content (AvgIpc) is 2.94. The maximum atomic E-state index is 12.1. The van der Waals surface area contributed by atoms with Crippen molar-refractivity contribution in [2.75, 3.05) is 0 Å². The van der Waals surface area contributed by atoms with E-state index in [4.69, 9.17) is 0 Å². The number of unbranched alkanes of at least 4 members (excludes halogenated alkanes) is 3. The first-order valence-corrected chi connectivity index (χ1v) is 8.52. The van der Waals surface area contributed by atoms with Crippen molar-refractivity contribution in [2.24, 2.45) is 11.8 Å². The minimum atomic E-state index is -0.761. The summed E-state index contributed by atoms with van der Waals surface area (Å²) < 4.78 is 0. The molecule has 1 aliphatic carbocycles. The molecule has 122 valence electrons. The molecule has 1 N–H and O–H groups in total. The smallest absolute Gasteiger partial charge is 0.162 e. The number of carbonyl (C=O) groups is 1. The number of aliphatic hydroxyl groups is 1. The van der Waals surface area contributed by atoms with E-state index in [0.717, 1.165) is 12.0 Å². The summed E-state index contributed by atoms with van der Waals surface area (Å²) in [7, 11) is 0. The molecule has 1 aliphatic rings. The van der Waals surface area contributed by atoms with Crippen LogP contribution in [0.3, 0.4) is 0 Å². The van der Waals surface area contributed by atoms with Crippen molar-refractivity contribution in [2.45, 2.75) is 38.7 Å². The van der Waals surface area contributed by atoms with E-state index in [1.54, 1.807) is 12.2 Å². The lowest BCUT2D eigenvalue weighted by atomic mass is 9.88. The molecule has 0 saturated heterocycles. The van der Waals surface area contributed by atoms with Gasteiger partial charge in [-0.1, -0.05) is 80.5 Å². The predicted octanol–water partition coefficient (Wildman–Crippen LogP) is 4.57. The van der Waals surface area contributed by atoms with E-state index in [-0.39, 0.29) is 11.7 Å². The van der Waals surface area contributed by atoms with E-state index < -0.39 is 12.0 Å². The van der Waals surface area contributed by atoms with E-state index in [1.165, 1.54) is 19.3 Å². The molecule has 0 fully saturated rings. The maximum Gasteiger partial charge on any atom is 0.162 e. The van der Waals surface area contributed by atoms with Gasteiger partial charge in [0.2, 0.25) is 0 Å². The summed E-state index contributed by atoms with van der Waals surface area (Å²) >= 11 is 0. The summed E-state index contributed by atoms with van der Waals surface area (Å²) in [5.41, 5.74) is 1.02. The molecule has 1 aromatic carbocycles. The lowest BCUT2D eigenvalue weighted by Crippen LogP contribution is -2.27. The van der Waals surface area contributed by atoms with Crippen molar-refractivity contribution in [3.8, 4) is 0 Å². The number of hydrogen-bond donors (Lipinski definition) is 1. The highest BCUT2D eigenvalue weighted by molar-refractivity contribution is 5.95. The molecule has 3 atom stereocenters. The first-order chi connectivity index (χ1) is 11.2. The van der Waals surface area contributed by atoms with Gasteiger partial charge < -0.3 is 5.11 Å². The van der Waals surface area contributed by atoms with Gasteiger partial charge >= 0.3 is 0 Å². The van der Waals surface area contributed by atoms with Crippen molar-refractivity contribution >= 4 is 11.9 Å². The van der Waals surface area contributed by atoms with Crippen LogP contribution < -0.4 is 0 Å². The Labute approximate surface area is 139 Å². The molecule has 1 aromatic rings. The summed E-state index contributed by atoms with van der Waals surface area (Å²) in [6.45, 7) is 2.19. The van der Waals surface area contributed by atoms with Crippen LogP contribution in [0.15, 0.2) is 60.7 Å². The fraction of sp³-hybridized carbons (Fsp3) is 0.381. The standard InChI is InChI=1S/C21H26O2/c1-2-3-4-5-9-12-18-14-16-20(23)21(18)19(22)15-13-17-10-7-6-8-11-17/h6-16,18-19,21-22H,2-5H2,1H3/b12-9+,15-13+/t18-,19?,21-/m0/s1. The van der Waals surface area contributed by atoms with Crippen molar-refractivity contribution in [1.82, 2.24) is 0 Å². The molecule has 1 unspecified atom stereocenters. The monoisotopic (exact) mass is 310 g/mol. The second-order valence-electron chi connectivity index (χ2n) is 6.05. The van der Waals surface area contributed by atoms with E-state index in [2.05, 4.69) is 19.1 Å². The van der Waals surface area contributed by atoms with Gasteiger partial charge in [-0.25, -0.2) is 0 Å². The Hall–Kier alpha value is -1.93. The van der Waals surface area contributed by atoms with Crippen LogP contribution in [-0.4, -0.2) is 17.0 Å². The summed E-state index contributed by atoms with van der Waals surface area (Å²) in [5, 5.41) is 10.4. The Morgan fingerprint density at radius 1 is 1.22 bits per heavy atom. The quantitative estimate of drug-likeness (QED) is 0.564. The van der Waals surface area contributed by atoms with Crippen LogP contribution in [0.25, 0.3) is 6.08 Å². The maximum absolute atomic E-state index is 12.1. The van der Waals surface area contributed by atoms with Crippen molar-refractivity contribution in [3.05, 3.63) is 66.3 Å². The largest absolute Gasteiger partial charge is 0.388 e. The van der Waals surface area contributed by atoms with Crippen molar-refractivity contribution in [1.29, 1.82) is 0 Å². The van der Waals surface area contributed by atoms with Crippen LogP contribution in [0.5, 0.6) is 0 Å². The molecule has 0 aromatic heterocycles. The fourth-order valence-corrected chi connectivity index (χ4v) is 2.87. The second-order valence-corrected chi connectivity index (χ2v) is 6.05. The lowest BCUT2D eigenvalue weighted by Gasteiger charge is -2.18. The molecular formula is C21H26O2. The molecule has 0 bridgehead atoms. The van der Waals surface area contributed by atoms with Gasteiger partial charge in [0, 0.05) is 5.92 Å². The third-order valence-corrected chi connectivity index (χ3v) is 4.21. The zero-order valence-corrected chi connectivity index (χ0v) is 13.8. The molecule has 0 heterocycles. The van der Waals surface area contributed by atoms with Gasteiger partial charge in [0.05, 0.1) is 12.0 Å². The van der Waals surface area contributed by atoms with Crippen LogP contribution in [-0.2, 0) is 4.79 Å². The zero-order valence-electron chi connectivity index (χ0n) is 13.8. The summed E-state index contributed by atoms with van der Waals surface area (Å²) in [4.78, 5) is 12.1. The van der Waals surface area contributed by atoms with Crippen LogP contribution in [0.2, 0.25) is 0 Å². The first kappa shape index (κ1) is 17.4. The van der Waals surface area contributed by atoms with E-state index >= 15 is 0 Å². The van der Waals surface area contributed by atoms with Crippen molar-refractivity contribution < 1.29 is 9.90 Å². The normalized spacial score (nSPS) is 22.4. The Morgan fingerprint density at radius 3 is 2.74 bits per heavy atom. The highest BCUT2D eigenvalue weighted by Crippen LogP contribution is 2.28. The minimum absolute atomic E-state index is 0.000417. The van der Waals surface area contributed by atoms with Crippen LogP contribution in [0.4, 0.5) is 0 Å². The fourth-order valence-electron chi connectivity index (χ4n) is 2.87. The molecule has 2 rings (SSSR count). The average molecular weight is 310 g/mol. The molecule has 0 saturated carbocycles. The molecule has 0 aliphatic heterocycles. The highest BCUT2D eigenvalue weighted by Gasteiger charge is 2.33. The van der Waals surface area contributed by atoms with Gasteiger partial charge in [-0.2, -0.15) is 0 Å². The van der Waals surface area contributed by atoms with Crippen LogP contribution >= 0.6 is 0 Å². The third kappa shape index (κ3) is 5.33. The number of hydrogen-bond acceptors (Lipinski definition) is 2. The SMILES string of the molecule is CCCCC/C=C/[C@H]1C=CC(=O)[C@@H]1C(O)/C=C/c1ccccc1. The van der Waals surface area contributed by atoms with E-state index in [9.17, 15) is 9.90 Å². The Kier molecular flexibility index (Phi) is 7.02. The number of benzene rings is 1. The van der Waals surface area contributed by atoms with Gasteiger partial charge in [-0.05, 0) is 24.5 Å². The minimum Gasteiger partial charge on any atom is -0.388 e. The van der Waals surface area contributed by atoms with Gasteiger partial charge in [-0.15, -0.1) is 0 Å². The zero-order chi connectivity index (χ0) is 16.5. The Balaban J connectivity index is 1.95. The van der Waals surface area contributed by atoms with Crippen LogP contribution in [0.1, 0.15) is 38.2 Å². The van der Waals surface area contributed by atoms with Crippen LogP contribution in [0, 0.1) is 11.8 Å². The molecule has 0 spiro atoms. The predicted molar refractivity (Wildman–Crippen MR) is 95.9 cm³/mol. The number of carbonyl (C=O) groups excluding carboxylic acids is 1. The van der Waals surface area contributed by atoms with E-state index in [0.29, 0.717) is 0 Å². The number of rotatable bonds is 8. The van der Waals surface area contributed by atoms with Gasteiger partial charge in [0.15, 0.2) is 5.78 Å². The highest BCUT2D eigenvalue weighted by atomic mass is 16.3. The first-order valence-electron chi connectivity index (χ1n) is 8.52. The molecule has 0 radical (unpaired) electrons. The summed E-state index contributed by atoms with van der Waals surface area (Å²) in [6.07, 6.45) is 15.2. The van der Waals surface area contributed by atoms with E-state index in [1.807, 2.05) is 42.5 Å².